The Kier molecular flexibility index (Phi) is 6.11. The van der Waals surface area contributed by atoms with E-state index in [1.54, 1.807) is 36.4 Å². The molecule has 0 atom stereocenters. The van der Waals surface area contributed by atoms with E-state index in [-0.39, 0.29) is 4.90 Å². The van der Waals surface area contributed by atoms with Crippen LogP contribution in [0.1, 0.15) is 12.5 Å². The highest BCUT2D eigenvalue weighted by atomic mass is 32.2. The van der Waals surface area contributed by atoms with Crippen molar-refractivity contribution in [1.29, 1.82) is 5.26 Å². The summed E-state index contributed by atoms with van der Waals surface area (Å²) in [5.41, 5.74) is 0.625. The number of nitrogens with one attached hydrogen (secondary N) is 2. The topological polar surface area (TPSA) is 108 Å². The second-order valence-corrected chi connectivity index (χ2v) is 6.70. The fourth-order valence-corrected chi connectivity index (χ4v) is 2.99. The second-order valence-electron chi connectivity index (χ2n) is 4.93. The first kappa shape index (κ1) is 18.4. The lowest BCUT2D eigenvalue weighted by atomic mass is 10.2. The number of amides is 1. The molecule has 0 bridgehead atoms. The zero-order valence-electron chi connectivity index (χ0n) is 13.5. The molecule has 1 amide bonds. The number of carbonyl (C=O) groups is 1. The van der Waals surface area contributed by atoms with E-state index in [1.165, 1.54) is 12.1 Å². The third kappa shape index (κ3) is 5.04. The van der Waals surface area contributed by atoms with Crippen LogP contribution in [0, 0.1) is 11.3 Å². The first-order valence-electron chi connectivity index (χ1n) is 7.48. The van der Waals surface area contributed by atoms with Crippen molar-refractivity contribution in [2.24, 2.45) is 0 Å². The SMILES string of the molecule is CCOc1ccc(S(=O)(=O)NCC(=O)Nc2ccccc2C#N)cc1. The van der Waals surface area contributed by atoms with E-state index in [1.807, 2.05) is 13.0 Å². The van der Waals surface area contributed by atoms with E-state index in [0.717, 1.165) is 0 Å². The summed E-state index contributed by atoms with van der Waals surface area (Å²) >= 11 is 0. The third-order valence-electron chi connectivity index (χ3n) is 3.19. The van der Waals surface area contributed by atoms with Gasteiger partial charge in [-0.3, -0.25) is 4.79 Å². The Balaban J connectivity index is 1.99. The van der Waals surface area contributed by atoms with Gasteiger partial charge in [-0.1, -0.05) is 12.1 Å². The molecule has 2 aromatic carbocycles. The van der Waals surface area contributed by atoms with Crippen molar-refractivity contribution in [3.8, 4) is 11.8 Å². The number of sulfonamides is 1. The Hall–Kier alpha value is -2.89. The number of carbonyl (C=O) groups excluding carboxylic acids is 1. The molecule has 25 heavy (non-hydrogen) atoms. The maximum absolute atomic E-state index is 12.2. The average molecular weight is 359 g/mol. The molecule has 0 spiro atoms. The fraction of sp³-hybridized carbons (Fsp3) is 0.176. The fourth-order valence-electron chi connectivity index (χ4n) is 2.01. The molecule has 2 aromatic rings. The van der Waals surface area contributed by atoms with Crippen molar-refractivity contribution in [2.45, 2.75) is 11.8 Å². The van der Waals surface area contributed by atoms with Crippen LogP contribution in [0.3, 0.4) is 0 Å². The maximum atomic E-state index is 12.2. The number of nitrogens with zero attached hydrogens (tertiary/aromatic N) is 1. The standard InChI is InChI=1S/C17H17N3O4S/c1-2-24-14-7-9-15(10-8-14)25(22,23)19-12-17(21)20-16-6-4-3-5-13(16)11-18/h3-10,19H,2,12H2,1H3,(H,20,21). The zero-order valence-corrected chi connectivity index (χ0v) is 14.3. The molecule has 0 heterocycles. The Labute approximate surface area is 146 Å². The minimum atomic E-state index is -3.83. The van der Waals surface area contributed by atoms with Gasteiger partial charge in [-0.2, -0.15) is 5.26 Å². The first-order chi connectivity index (χ1) is 12.0. The van der Waals surface area contributed by atoms with Crippen molar-refractivity contribution >= 4 is 21.6 Å². The van der Waals surface area contributed by atoms with Crippen molar-refractivity contribution in [3.05, 3.63) is 54.1 Å². The van der Waals surface area contributed by atoms with E-state index in [2.05, 4.69) is 10.0 Å². The van der Waals surface area contributed by atoms with Crippen molar-refractivity contribution < 1.29 is 17.9 Å². The van der Waals surface area contributed by atoms with E-state index >= 15 is 0 Å². The zero-order chi connectivity index (χ0) is 18.3. The molecular weight excluding hydrogens is 342 g/mol. The summed E-state index contributed by atoms with van der Waals surface area (Å²) in [6.07, 6.45) is 0. The quantitative estimate of drug-likeness (QED) is 0.784. The Morgan fingerprint density at radius 2 is 1.84 bits per heavy atom. The number of anilines is 1. The van der Waals surface area contributed by atoms with E-state index in [9.17, 15) is 13.2 Å². The molecule has 130 valence electrons. The van der Waals surface area contributed by atoms with Crippen LogP contribution in [0.2, 0.25) is 0 Å². The van der Waals surface area contributed by atoms with Crippen molar-refractivity contribution in [2.75, 3.05) is 18.5 Å². The largest absolute Gasteiger partial charge is 0.494 e. The van der Waals surface area contributed by atoms with Gasteiger partial charge in [0.05, 0.1) is 29.3 Å². The molecule has 0 fully saturated rings. The number of rotatable bonds is 7. The average Bonchev–Trinajstić information content (AvgIpc) is 2.61. The highest BCUT2D eigenvalue weighted by Crippen LogP contribution is 2.16. The lowest BCUT2D eigenvalue weighted by molar-refractivity contribution is -0.115. The van der Waals surface area contributed by atoms with Crippen LogP contribution in [0.4, 0.5) is 5.69 Å². The molecule has 0 saturated heterocycles. The van der Waals surface area contributed by atoms with E-state index in [4.69, 9.17) is 10.00 Å². The molecule has 0 saturated carbocycles. The van der Waals surface area contributed by atoms with Crippen LogP contribution >= 0.6 is 0 Å². The number of benzene rings is 2. The summed E-state index contributed by atoms with van der Waals surface area (Å²) in [4.78, 5) is 12.0. The summed E-state index contributed by atoms with van der Waals surface area (Å²) < 4.78 is 31.9. The minimum absolute atomic E-state index is 0.0289. The maximum Gasteiger partial charge on any atom is 0.241 e. The highest BCUT2D eigenvalue weighted by molar-refractivity contribution is 7.89. The van der Waals surface area contributed by atoms with Gasteiger partial charge in [-0.05, 0) is 43.3 Å². The predicted octanol–water partition coefficient (Wildman–Crippen LogP) is 1.87. The molecule has 0 unspecified atom stereocenters. The van der Waals surface area contributed by atoms with Crippen LogP contribution in [-0.4, -0.2) is 27.5 Å². The van der Waals surface area contributed by atoms with Crippen molar-refractivity contribution in [1.82, 2.24) is 4.72 Å². The molecule has 0 aliphatic carbocycles. The summed E-state index contributed by atoms with van der Waals surface area (Å²) in [6.45, 7) is 1.86. The third-order valence-corrected chi connectivity index (χ3v) is 4.61. The lowest BCUT2D eigenvalue weighted by Gasteiger charge is -2.09. The molecule has 2 rings (SSSR count). The Bertz CT molecular complexity index is 887. The van der Waals surface area contributed by atoms with Gasteiger partial charge in [0.1, 0.15) is 11.8 Å². The van der Waals surface area contributed by atoms with Crippen LogP contribution in [0.15, 0.2) is 53.4 Å². The molecule has 0 aromatic heterocycles. The molecule has 8 heteroatoms. The summed E-state index contributed by atoms with van der Waals surface area (Å²) in [6, 6.07) is 14.3. The highest BCUT2D eigenvalue weighted by Gasteiger charge is 2.16. The summed E-state index contributed by atoms with van der Waals surface area (Å²) in [5, 5.41) is 11.5. The van der Waals surface area contributed by atoms with Crippen LogP contribution in [-0.2, 0) is 14.8 Å². The predicted molar refractivity (Wildman–Crippen MR) is 92.6 cm³/mol. The van der Waals surface area contributed by atoms with Gasteiger partial charge in [-0.25, -0.2) is 13.1 Å². The molecule has 0 radical (unpaired) electrons. The van der Waals surface area contributed by atoms with Crippen LogP contribution in [0.5, 0.6) is 5.75 Å². The molecular formula is C17H17N3O4S. The smallest absolute Gasteiger partial charge is 0.241 e. The molecule has 0 aliphatic heterocycles. The van der Waals surface area contributed by atoms with Gasteiger partial charge in [0.25, 0.3) is 0 Å². The van der Waals surface area contributed by atoms with Crippen molar-refractivity contribution in [3.63, 3.8) is 0 Å². The van der Waals surface area contributed by atoms with Gasteiger partial charge >= 0.3 is 0 Å². The number of ether oxygens (including phenoxy) is 1. The normalized spacial score (nSPS) is 10.7. The first-order valence-corrected chi connectivity index (χ1v) is 8.96. The van der Waals surface area contributed by atoms with Gasteiger partial charge < -0.3 is 10.1 Å². The molecule has 2 N–H and O–H groups in total. The summed E-state index contributed by atoms with van der Waals surface area (Å²) in [7, 11) is -3.83. The van der Waals surface area contributed by atoms with Crippen LogP contribution in [0.25, 0.3) is 0 Å². The lowest BCUT2D eigenvalue weighted by Crippen LogP contribution is -2.33. The number of para-hydroxylation sites is 1. The Morgan fingerprint density at radius 3 is 2.48 bits per heavy atom. The number of hydrogen-bond donors (Lipinski definition) is 2. The van der Waals surface area contributed by atoms with Crippen LogP contribution < -0.4 is 14.8 Å². The van der Waals surface area contributed by atoms with Gasteiger partial charge in [0, 0.05) is 0 Å². The minimum Gasteiger partial charge on any atom is -0.494 e. The summed E-state index contributed by atoms with van der Waals surface area (Å²) in [5.74, 6) is -0.00971. The number of nitriles is 1. The van der Waals surface area contributed by atoms with Gasteiger partial charge in [0.2, 0.25) is 15.9 Å². The molecule has 0 aliphatic rings. The second kappa shape index (κ2) is 8.28. The van der Waals surface area contributed by atoms with Gasteiger partial charge in [-0.15, -0.1) is 0 Å². The molecule has 7 nitrogen and oxygen atoms in total. The monoisotopic (exact) mass is 359 g/mol. The number of hydrogen-bond acceptors (Lipinski definition) is 5. The van der Waals surface area contributed by atoms with E-state index < -0.39 is 22.5 Å². The van der Waals surface area contributed by atoms with Gasteiger partial charge in [0.15, 0.2) is 0 Å². The van der Waals surface area contributed by atoms with E-state index in [0.29, 0.717) is 23.6 Å². The Morgan fingerprint density at radius 1 is 1.16 bits per heavy atom.